The number of amides is 1. The van der Waals surface area contributed by atoms with Crippen LogP contribution in [0.1, 0.15) is 6.42 Å². The fourth-order valence-electron chi connectivity index (χ4n) is 1.50. The number of nitrogens with zero attached hydrogens (tertiary/aromatic N) is 2. The van der Waals surface area contributed by atoms with Crippen molar-refractivity contribution < 1.29 is 4.79 Å². The highest BCUT2D eigenvalue weighted by atomic mass is 79.9. The molecular formula is C9H7Br2ClN2O. The number of pyridine rings is 1. The highest BCUT2D eigenvalue weighted by molar-refractivity contribution is 9.11. The van der Waals surface area contributed by atoms with Crippen LogP contribution in [0.2, 0.25) is 0 Å². The molecule has 0 saturated carbocycles. The second-order valence-electron chi connectivity index (χ2n) is 3.27. The third kappa shape index (κ3) is 2.34. The molecule has 0 radical (unpaired) electrons. The van der Waals surface area contributed by atoms with Crippen molar-refractivity contribution in [3.8, 4) is 0 Å². The topological polar surface area (TPSA) is 33.2 Å². The van der Waals surface area contributed by atoms with Crippen molar-refractivity contribution in [3.05, 3.63) is 21.3 Å². The molecule has 1 atom stereocenters. The van der Waals surface area contributed by atoms with Crippen molar-refractivity contribution in [1.29, 1.82) is 0 Å². The number of rotatable bonds is 1. The molecule has 1 unspecified atom stereocenters. The Kier molecular flexibility index (Phi) is 3.33. The van der Waals surface area contributed by atoms with Crippen molar-refractivity contribution in [2.75, 3.05) is 11.4 Å². The van der Waals surface area contributed by atoms with Crippen LogP contribution in [-0.4, -0.2) is 22.8 Å². The van der Waals surface area contributed by atoms with E-state index in [0.29, 0.717) is 17.6 Å². The standard InChI is InChI=1S/C9H7Br2ClN2O/c10-5-1-7(9(11)13-3-5)14-4-6(12)2-8(14)15/h1,3,6H,2,4H2. The first kappa shape index (κ1) is 11.4. The number of halogens is 3. The molecule has 1 aromatic heterocycles. The van der Waals surface area contributed by atoms with Gasteiger partial charge in [-0.3, -0.25) is 4.79 Å². The summed E-state index contributed by atoms with van der Waals surface area (Å²) in [5.74, 6) is 0.0376. The van der Waals surface area contributed by atoms with Crippen LogP contribution in [0, 0.1) is 0 Å². The minimum Gasteiger partial charge on any atom is -0.308 e. The fraction of sp³-hybridized carbons (Fsp3) is 0.333. The summed E-state index contributed by atoms with van der Waals surface area (Å²) < 4.78 is 1.50. The first-order valence-electron chi connectivity index (χ1n) is 4.33. The summed E-state index contributed by atoms with van der Waals surface area (Å²) in [4.78, 5) is 17.4. The maximum absolute atomic E-state index is 11.6. The van der Waals surface area contributed by atoms with Gasteiger partial charge in [-0.05, 0) is 37.9 Å². The Balaban J connectivity index is 2.37. The summed E-state index contributed by atoms with van der Waals surface area (Å²) in [6.45, 7) is 0.539. The molecule has 2 rings (SSSR count). The molecule has 0 aliphatic carbocycles. The number of hydrogen-bond acceptors (Lipinski definition) is 2. The van der Waals surface area contributed by atoms with Crippen LogP contribution in [0.25, 0.3) is 0 Å². The number of aromatic nitrogens is 1. The van der Waals surface area contributed by atoms with Gasteiger partial charge in [-0.25, -0.2) is 4.98 Å². The van der Waals surface area contributed by atoms with Crippen molar-refractivity contribution in [2.24, 2.45) is 0 Å². The maximum Gasteiger partial charge on any atom is 0.228 e. The quantitative estimate of drug-likeness (QED) is 0.574. The summed E-state index contributed by atoms with van der Waals surface area (Å²) in [7, 11) is 0. The van der Waals surface area contributed by atoms with Gasteiger partial charge in [0, 0.05) is 23.6 Å². The molecule has 80 valence electrons. The monoisotopic (exact) mass is 352 g/mol. The van der Waals surface area contributed by atoms with E-state index in [1.807, 2.05) is 6.07 Å². The van der Waals surface area contributed by atoms with Gasteiger partial charge in [0.05, 0.1) is 11.1 Å². The summed E-state index contributed by atoms with van der Waals surface area (Å²) in [5, 5.41) is -0.108. The molecule has 6 heteroatoms. The number of carbonyl (C=O) groups excluding carboxylic acids is 1. The van der Waals surface area contributed by atoms with E-state index in [0.717, 1.165) is 10.2 Å². The van der Waals surface area contributed by atoms with Crippen molar-refractivity contribution in [2.45, 2.75) is 11.8 Å². The van der Waals surface area contributed by atoms with Crippen molar-refractivity contribution in [1.82, 2.24) is 4.98 Å². The fourth-order valence-corrected chi connectivity index (χ4v) is 2.52. The Hall–Kier alpha value is -0.130. The predicted octanol–water partition coefficient (Wildman–Crippen LogP) is 2.95. The summed E-state index contributed by atoms with van der Waals surface area (Å²) in [5.41, 5.74) is 0.762. The number of carbonyl (C=O) groups is 1. The zero-order valence-corrected chi connectivity index (χ0v) is 11.5. The zero-order valence-electron chi connectivity index (χ0n) is 7.58. The molecule has 1 saturated heterocycles. The largest absolute Gasteiger partial charge is 0.308 e. The molecule has 3 nitrogen and oxygen atoms in total. The average molecular weight is 354 g/mol. The Morgan fingerprint density at radius 3 is 2.87 bits per heavy atom. The highest BCUT2D eigenvalue weighted by Gasteiger charge is 2.30. The molecular weight excluding hydrogens is 347 g/mol. The highest BCUT2D eigenvalue weighted by Crippen LogP contribution is 2.31. The minimum atomic E-state index is -0.108. The van der Waals surface area contributed by atoms with Crippen molar-refractivity contribution >= 4 is 55.1 Å². The lowest BCUT2D eigenvalue weighted by Crippen LogP contribution is -2.25. The first-order valence-corrected chi connectivity index (χ1v) is 6.35. The lowest BCUT2D eigenvalue weighted by atomic mass is 10.4. The molecule has 2 heterocycles. The van der Waals surface area contributed by atoms with Gasteiger partial charge in [0.1, 0.15) is 4.60 Å². The van der Waals surface area contributed by atoms with E-state index in [-0.39, 0.29) is 11.3 Å². The van der Waals surface area contributed by atoms with Crippen LogP contribution in [0.5, 0.6) is 0 Å². The van der Waals surface area contributed by atoms with Gasteiger partial charge in [-0.15, -0.1) is 11.6 Å². The van der Waals surface area contributed by atoms with Gasteiger partial charge in [0.15, 0.2) is 0 Å². The summed E-state index contributed by atoms with van der Waals surface area (Å²) >= 11 is 12.6. The van der Waals surface area contributed by atoms with Gasteiger partial charge >= 0.3 is 0 Å². The van der Waals surface area contributed by atoms with E-state index < -0.39 is 0 Å². The second-order valence-corrected chi connectivity index (χ2v) is 5.55. The molecule has 1 aliphatic heterocycles. The molecule has 1 aromatic rings. The molecule has 0 bridgehead atoms. The molecule has 0 spiro atoms. The third-order valence-electron chi connectivity index (χ3n) is 2.16. The van der Waals surface area contributed by atoms with Crippen LogP contribution in [-0.2, 0) is 4.79 Å². The summed E-state index contributed by atoms with van der Waals surface area (Å²) in [6.07, 6.45) is 2.06. The predicted molar refractivity (Wildman–Crippen MR) is 66.2 cm³/mol. The number of alkyl halides is 1. The van der Waals surface area contributed by atoms with E-state index in [9.17, 15) is 4.79 Å². The van der Waals surface area contributed by atoms with Crippen LogP contribution < -0.4 is 4.90 Å². The Labute approximate surface area is 109 Å². The number of anilines is 1. The van der Waals surface area contributed by atoms with E-state index in [4.69, 9.17) is 11.6 Å². The van der Waals surface area contributed by atoms with Crippen LogP contribution in [0.15, 0.2) is 21.3 Å². The lowest BCUT2D eigenvalue weighted by molar-refractivity contribution is -0.117. The van der Waals surface area contributed by atoms with Crippen LogP contribution >= 0.6 is 43.5 Å². The van der Waals surface area contributed by atoms with Gasteiger partial charge in [0.2, 0.25) is 5.91 Å². The van der Waals surface area contributed by atoms with Crippen LogP contribution in [0.3, 0.4) is 0 Å². The minimum absolute atomic E-state index is 0.0376. The first-order chi connectivity index (χ1) is 7.08. The molecule has 15 heavy (non-hydrogen) atoms. The molecule has 0 aromatic carbocycles. The maximum atomic E-state index is 11.6. The van der Waals surface area contributed by atoms with Gasteiger partial charge in [-0.1, -0.05) is 0 Å². The Morgan fingerprint density at radius 2 is 2.27 bits per heavy atom. The van der Waals surface area contributed by atoms with E-state index in [2.05, 4.69) is 36.8 Å². The molecule has 1 fully saturated rings. The van der Waals surface area contributed by atoms with Crippen molar-refractivity contribution in [3.63, 3.8) is 0 Å². The second kappa shape index (κ2) is 4.39. The van der Waals surface area contributed by atoms with Gasteiger partial charge in [0.25, 0.3) is 0 Å². The Morgan fingerprint density at radius 1 is 1.53 bits per heavy atom. The third-order valence-corrected chi connectivity index (χ3v) is 3.49. The molecule has 1 amide bonds. The van der Waals surface area contributed by atoms with E-state index >= 15 is 0 Å². The molecule has 1 aliphatic rings. The van der Waals surface area contributed by atoms with E-state index in [1.54, 1.807) is 11.1 Å². The smallest absolute Gasteiger partial charge is 0.228 e. The van der Waals surface area contributed by atoms with Crippen LogP contribution in [0.4, 0.5) is 5.69 Å². The van der Waals surface area contributed by atoms with Gasteiger partial charge in [-0.2, -0.15) is 0 Å². The zero-order chi connectivity index (χ0) is 11.0. The lowest BCUT2D eigenvalue weighted by Gasteiger charge is -2.17. The van der Waals surface area contributed by atoms with Gasteiger partial charge < -0.3 is 4.90 Å². The number of hydrogen-bond donors (Lipinski definition) is 0. The average Bonchev–Trinajstić information content (AvgIpc) is 2.50. The normalized spacial score (nSPS) is 21.1. The van der Waals surface area contributed by atoms with E-state index in [1.165, 1.54) is 0 Å². The molecule has 0 N–H and O–H groups in total. The summed E-state index contributed by atoms with van der Waals surface area (Å²) in [6, 6.07) is 1.85. The SMILES string of the molecule is O=C1CC(Cl)CN1c1cc(Br)cnc1Br. The Bertz CT molecular complexity index is 413.